The fourth-order valence-electron chi connectivity index (χ4n) is 1.36. The first kappa shape index (κ1) is 11.8. The molecule has 92 valence electrons. The number of H-pyrrole nitrogens is 1. The summed E-state index contributed by atoms with van der Waals surface area (Å²) in [6.07, 6.45) is -2.04. The van der Waals surface area contributed by atoms with Crippen molar-refractivity contribution in [1.82, 2.24) is 4.98 Å². The van der Waals surface area contributed by atoms with Crippen LogP contribution in [0, 0.1) is 0 Å². The second-order valence-electron chi connectivity index (χ2n) is 3.58. The Kier molecular flexibility index (Phi) is 2.95. The third kappa shape index (κ3) is 2.51. The maximum Gasteiger partial charge on any atom is 0.340 e. The summed E-state index contributed by atoms with van der Waals surface area (Å²) in [5.74, 6) is -4.00. The highest BCUT2D eigenvalue weighted by Crippen LogP contribution is 2.25. The zero-order valence-electron chi connectivity index (χ0n) is 8.59. The highest BCUT2D eigenvalue weighted by Gasteiger charge is 2.41. The standard InChI is InChI=1S/C11H9F4NO/c12-10(13)11(14,15)6-17-8-1-2-9-7(5-8)3-4-16-9/h1-5,10,16H,6H2. The Morgan fingerprint density at radius 2 is 2.00 bits per heavy atom. The van der Waals surface area contributed by atoms with Gasteiger partial charge in [0, 0.05) is 17.1 Å². The number of ether oxygens (including phenoxy) is 1. The Morgan fingerprint density at radius 1 is 1.24 bits per heavy atom. The van der Waals surface area contributed by atoms with Crippen LogP contribution in [0.4, 0.5) is 17.6 Å². The summed E-state index contributed by atoms with van der Waals surface area (Å²) in [5, 5.41) is 0.767. The summed E-state index contributed by atoms with van der Waals surface area (Å²) < 4.78 is 53.6. The van der Waals surface area contributed by atoms with E-state index in [0.717, 1.165) is 10.9 Å². The monoisotopic (exact) mass is 247 g/mol. The minimum atomic E-state index is -4.13. The van der Waals surface area contributed by atoms with Crippen molar-refractivity contribution in [3.05, 3.63) is 30.5 Å². The molecule has 0 aliphatic heterocycles. The number of benzene rings is 1. The van der Waals surface area contributed by atoms with Crippen LogP contribution in [0.15, 0.2) is 30.5 Å². The highest BCUT2D eigenvalue weighted by molar-refractivity contribution is 5.80. The molecule has 1 aromatic heterocycles. The molecule has 0 saturated heterocycles. The van der Waals surface area contributed by atoms with Crippen molar-refractivity contribution in [2.24, 2.45) is 0 Å². The number of aromatic amines is 1. The third-order valence-electron chi connectivity index (χ3n) is 2.28. The van der Waals surface area contributed by atoms with Crippen molar-refractivity contribution < 1.29 is 22.3 Å². The molecule has 1 aromatic carbocycles. The molecule has 2 aromatic rings. The first-order valence-corrected chi connectivity index (χ1v) is 4.85. The van der Waals surface area contributed by atoms with Gasteiger partial charge in [-0.15, -0.1) is 0 Å². The van der Waals surface area contributed by atoms with Gasteiger partial charge in [0.15, 0.2) is 6.61 Å². The van der Waals surface area contributed by atoms with Crippen molar-refractivity contribution >= 4 is 10.9 Å². The summed E-state index contributed by atoms with van der Waals surface area (Å²) in [4.78, 5) is 2.91. The maximum atomic E-state index is 12.6. The fourth-order valence-corrected chi connectivity index (χ4v) is 1.36. The lowest BCUT2D eigenvalue weighted by atomic mass is 10.2. The van der Waals surface area contributed by atoms with Crippen LogP contribution < -0.4 is 4.74 Å². The Morgan fingerprint density at radius 3 is 2.71 bits per heavy atom. The van der Waals surface area contributed by atoms with E-state index in [1.165, 1.54) is 12.1 Å². The Balaban J connectivity index is 2.08. The minimum absolute atomic E-state index is 0.137. The molecule has 0 amide bonds. The molecule has 2 rings (SSSR count). The number of hydrogen-bond donors (Lipinski definition) is 1. The van der Waals surface area contributed by atoms with E-state index in [9.17, 15) is 17.6 Å². The van der Waals surface area contributed by atoms with Gasteiger partial charge in [-0.2, -0.15) is 8.78 Å². The molecule has 0 atom stereocenters. The van der Waals surface area contributed by atoms with E-state index in [4.69, 9.17) is 0 Å². The summed E-state index contributed by atoms with van der Waals surface area (Å²) in [6, 6.07) is 6.31. The molecule has 0 radical (unpaired) electrons. The zero-order chi connectivity index (χ0) is 12.5. The number of rotatable bonds is 4. The van der Waals surface area contributed by atoms with Gasteiger partial charge in [0.1, 0.15) is 5.75 Å². The van der Waals surface area contributed by atoms with E-state index in [1.807, 2.05) is 0 Å². The van der Waals surface area contributed by atoms with E-state index < -0.39 is 19.0 Å². The molecule has 0 unspecified atom stereocenters. The molecular formula is C11H9F4NO. The normalized spacial score (nSPS) is 12.3. The SMILES string of the molecule is FC(F)C(F)(F)COc1ccc2[nH]ccc2c1. The van der Waals surface area contributed by atoms with Crippen LogP contribution >= 0.6 is 0 Å². The fraction of sp³-hybridized carbons (Fsp3) is 0.273. The van der Waals surface area contributed by atoms with Crippen LogP contribution in [0.3, 0.4) is 0 Å². The van der Waals surface area contributed by atoms with Crippen LogP contribution in [0.2, 0.25) is 0 Å². The van der Waals surface area contributed by atoms with Crippen LogP contribution in [0.25, 0.3) is 10.9 Å². The van der Waals surface area contributed by atoms with E-state index in [-0.39, 0.29) is 5.75 Å². The molecule has 17 heavy (non-hydrogen) atoms. The Hall–Kier alpha value is -1.72. The predicted octanol–water partition coefficient (Wildman–Crippen LogP) is 3.45. The van der Waals surface area contributed by atoms with Gasteiger partial charge in [-0.1, -0.05) is 0 Å². The second kappa shape index (κ2) is 4.27. The predicted molar refractivity (Wildman–Crippen MR) is 54.7 cm³/mol. The molecule has 6 heteroatoms. The average Bonchev–Trinajstić information content (AvgIpc) is 2.73. The topological polar surface area (TPSA) is 25.0 Å². The van der Waals surface area contributed by atoms with Gasteiger partial charge in [-0.25, -0.2) is 8.78 Å². The first-order valence-electron chi connectivity index (χ1n) is 4.85. The number of nitrogens with one attached hydrogen (secondary N) is 1. The lowest BCUT2D eigenvalue weighted by molar-refractivity contribution is -0.148. The Bertz CT molecular complexity index is 509. The number of alkyl halides is 4. The van der Waals surface area contributed by atoms with Crippen LogP contribution in [0.5, 0.6) is 5.75 Å². The summed E-state index contributed by atoms with van der Waals surface area (Å²) in [6.45, 7) is -1.33. The lowest BCUT2D eigenvalue weighted by Crippen LogP contribution is -2.33. The number of aromatic nitrogens is 1. The van der Waals surface area contributed by atoms with Crippen LogP contribution in [-0.2, 0) is 0 Å². The number of halogens is 4. The quantitative estimate of drug-likeness (QED) is 0.822. The van der Waals surface area contributed by atoms with Crippen LogP contribution in [-0.4, -0.2) is 23.9 Å². The van der Waals surface area contributed by atoms with Gasteiger partial charge in [-0.05, 0) is 24.3 Å². The second-order valence-corrected chi connectivity index (χ2v) is 3.58. The van der Waals surface area contributed by atoms with Gasteiger partial charge < -0.3 is 9.72 Å². The average molecular weight is 247 g/mol. The van der Waals surface area contributed by atoms with Crippen molar-refractivity contribution in [3.8, 4) is 5.75 Å². The Labute approximate surface area is 94.2 Å². The molecular weight excluding hydrogens is 238 g/mol. The summed E-state index contributed by atoms with van der Waals surface area (Å²) in [5.41, 5.74) is 0.818. The van der Waals surface area contributed by atoms with Gasteiger partial charge >= 0.3 is 12.3 Å². The van der Waals surface area contributed by atoms with E-state index in [1.54, 1.807) is 18.3 Å². The molecule has 1 N–H and O–H groups in total. The maximum absolute atomic E-state index is 12.6. The van der Waals surface area contributed by atoms with Gasteiger partial charge in [-0.3, -0.25) is 0 Å². The van der Waals surface area contributed by atoms with Crippen molar-refractivity contribution in [2.75, 3.05) is 6.61 Å². The molecule has 0 aliphatic carbocycles. The highest BCUT2D eigenvalue weighted by atomic mass is 19.3. The zero-order valence-corrected chi connectivity index (χ0v) is 8.59. The van der Waals surface area contributed by atoms with Crippen molar-refractivity contribution in [2.45, 2.75) is 12.3 Å². The third-order valence-corrected chi connectivity index (χ3v) is 2.28. The molecule has 0 fully saturated rings. The van der Waals surface area contributed by atoms with Gasteiger partial charge in [0.2, 0.25) is 0 Å². The summed E-state index contributed by atoms with van der Waals surface area (Å²) in [7, 11) is 0. The smallest absolute Gasteiger partial charge is 0.340 e. The van der Waals surface area contributed by atoms with E-state index in [0.29, 0.717) is 0 Å². The molecule has 0 aliphatic rings. The summed E-state index contributed by atoms with van der Waals surface area (Å²) >= 11 is 0. The first-order chi connectivity index (χ1) is 7.99. The molecule has 0 bridgehead atoms. The molecule has 0 spiro atoms. The largest absolute Gasteiger partial charge is 0.487 e. The number of hydrogen-bond acceptors (Lipinski definition) is 1. The molecule has 1 heterocycles. The van der Waals surface area contributed by atoms with Crippen LogP contribution in [0.1, 0.15) is 0 Å². The van der Waals surface area contributed by atoms with Gasteiger partial charge in [0.25, 0.3) is 0 Å². The number of fused-ring (bicyclic) bond motifs is 1. The lowest BCUT2D eigenvalue weighted by Gasteiger charge is -2.15. The van der Waals surface area contributed by atoms with Crippen molar-refractivity contribution in [1.29, 1.82) is 0 Å². The van der Waals surface area contributed by atoms with E-state index in [2.05, 4.69) is 9.72 Å². The van der Waals surface area contributed by atoms with Crippen molar-refractivity contribution in [3.63, 3.8) is 0 Å². The molecule has 0 saturated carbocycles. The van der Waals surface area contributed by atoms with E-state index >= 15 is 0 Å². The molecule has 2 nitrogen and oxygen atoms in total. The van der Waals surface area contributed by atoms with Gasteiger partial charge in [0.05, 0.1) is 0 Å². The minimum Gasteiger partial charge on any atom is -0.487 e.